The van der Waals surface area contributed by atoms with E-state index < -0.39 is 22.5 Å². The van der Waals surface area contributed by atoms with E-state index in [1.807, 2.05) is 6.07 Å². The first-order chi connectivity index (χ1) is 11.4. The van der Waals surface area contributed by atoms with Crippen molar-refractivity contribution in [3.05, 3.63) is 63.6 Å². The Bertz CT molecular complexity index is 722. The largest absolute Gasteiger partial charge is 0.478 e. The Morgan fingerprint density at radius 3 is 2.62 bits per heavy atom. The molecular formula is C16H16N2O6. The highest BCUT2D eigenvalue weighted by molar-refractivity contribution is 5.98. The predicted octanol–water partition coefficient (Wildman–Crippen LogP) is 2.64. The van der Waals surface area contributed by atoms with Gasteiger partial charge in [-0.15, -0.1) is 0 Å². The Hall–Kier alpha value is -3.16. The predicted molar refractivity (Wildman–Crippen MR) is 84.0 cm³/mol. The van der Waals surface area contributed by atoms with E-state index in [0.717, 1.165) is 24.0 Å². The molecule has 2 N–H and O–H groups in total. The first kappa shape index (κ1) is 17.2. The minimum Gasteiger partial charge on any atom is -0.478 e. The van der Waals surface area contributed by atoms with E-state index >= 15 is 0 Å². The molecule has 0 aliphatic carbocycles. The molecule has 126 valence electrons. The molecule has 1 unspecified atom stereocenters. The first-order valence-electron chi connectivity index (χ1n) is 7.23. The summed E-state index contributed by atoms with van der Waals surface area (Å²) in [6, 6.07) is 6.48. The summed E-state index contributed by atoms with van der Waals surface area (Å²) in [7, 11) is 0. The molecule has 0 spiro atoms. The van der Waals surface area contributed by atoms with Gasteiger partial charge in [0.15, 0.2) is 0 Å². The molecular weight excluding hydrogens is 316 g/mol. The average molecular weight is 332 g/mol. The number of non-ortho nitro benzene ring substituents is 1. The Kier molecular flexibility index (Phi) is 5.31. The summed E-state index contributed by atoms with van der Waals surface area (Å²) in [4.78, 5) is 33.4. The number of carboxylic acids is 1. The second-order valence-electron chi connectivity index (χ2n) is 5.32. The van der Waals surface area contributed by atoms with E-state index in [-0.39, 0.29) is 17.2 Å². The van der Waals surface area contributed by atoms with Gasteiger partial charge in [-0.2, -0.15) is 0 Å². The molecule has 0 aliphatic heterocycles. The van der Waals surface area contributed by atoms with Gasteiger partial charge < -0.3 is 14.8 Å². The van der Waals surface area contributed by atoms with Gasteiger partial charge in [-0.1, -0.05) is 0 Å². The lowest BCUT2D eigenvalue weighted by atomic mass is 10.1. The van der Waals surface area contributed by atoms with Crippen molar-refractivity contribution < 1.29 is 24.0 Å². The highest BCUT2D eigenvalue weighted by Gasteiger charge is 2.18. The number of nitro benzene ring substituents is 1. The third-order valence-electron chi connectivity index (χ3n) is 3.42. The van der Waals surface area contributed by atoms with Gasteiger partial charge in [-0.25, -0.2) is 4.79 Å². The van der Waals surface area contributed by atoms with Crippen LogP contribution in [0, 0.1) is 10.1 Å². The molecule has 2 rings (SSSR count). The van der Waals surface area contributed by atoms with E-state index in [4.69, 9.17) is 9.52 Å². The molecule has 8 heteroatoms. The van der Waals surface area contributed by atoms with Crippen molar-refractivity contribution in [2.45, 2.75) is 25.8 Å². The Labute approximate surface area is 137 Å². The van der Waals surface area contributed by atoms with Crippen LogP contribution in [0.3, 0.4) is 0 Å². The van der Waals surface area contributed by atoms with Gasteiger partial charge in [-0.3, -0.25) is 14.9 Å². The molecule has 1 aromatic carbocycles. The minimum absolute atomic E-state index is 0.0635. The smallest absolute Gasteiger partial charge is 0.335 e. The lowest BCUT2D eigenvalue weighted by Gasteiger charge is -2.13. The molecule has 2 aromatic rings. The minimum atomic E-state index is -1.33. The van der Waals surface area contributed by atoms with Crippen LogP contribution in [0.4, 0.5) is 5.69 Å². The fourth-order valence-electron chi connectivity index (χ4n) is 2.16. The molecule has 1 atom stereocenters. The maximum atomic E-state index is 12.2. The van der Waals surface area contributed by atoms with Gasteiger partial charge in [-0.05, 0) is 31.5 Å². The second kappa shape index (κ2) is 7.40. The standard InChI is InChI=1S/C16H16N2O6/c1-10(4-5-14-3-2-6-24-14)17-15(19)11-7-12(16(20)21)9-13(8-11)18(22)23/h2-3,6-10H,4-5H2,1H3,(H,17,19)(H,20,21). The number of benzene rings is 1. The number of hydrogen-bond acceptors (Lipinski definition) is 5. The van der Waals surface area contributed by atoms with Crippen molar-refractivity contribution in [3.8, 4) is 0 Å². The number of furan rings is 1. The van der Waals surface area contributed by atoms with Crippen LogP contribution in [0.2, 0.25) is 0 Å². The first-order valence-corrected chi connectivity index (χ1v) is 7.23. The Morgan fingerprint density at radius 1 is 1.33 bits per heavy atom. The fraction of sp³-hybridized carbons (Fsp3) is 0.250. The molecule has 0 aliphatic rings. The normalized spacial score (nSPS) is 11.7. The molecule has 0 fully saturated rings. The van der Waals surface area contributed by atoms with Crippen LogP contribution in [0.15, 0.2) is 41.0 Å². The number of rotatable bonds is 7. The maximum absolute atomic E-state index is 12.2. The summed E-state index contributed by atoms with van der Waals surface area (Å²) in [5.41, 5.74) is -0.813. The molecule has 8 nitrogen and oxygen atoms in total. The number of nitrogens with one attached hydrogen (secondary N) is 1. The van der Waals surface area contributed by atoms with Gasteiger partial charge in [0.2, 0.25) is 0 Å². The van der Waals surface area contributed by atoms with Gasteiger partial charge in [0, 0.05) is 30.2 Å². The monoisotopic (exact) mass is 332 g/mol. The SMILES string of the molecule is CC(CCc1ccco1)NC(=O)c1cc(C(=O)O)cc([N+](=O)[O-])c1. The summed E-state index contributed by atoms with van der Waals surface area (Å²) < 4.78 is 5.20. The fourth-order valence-corrected chi connectivity index (χ4v) is 2.16. The van der Waals surface area contributed by atoms with Crippen LogP contribution in [-0.4, -0.2) is 27.9 Å². The Balaban J connectivity index is 2.07. The van der Waals surface area contributed by atoms with Crippen molar-refractivity contribution in [2.75, 3.05) is 0 Å². The average Bonchev–Trinajstić information content (AvgIpc) is 3.05. The molecule has 0 radical (unpaired) electrons. The summed E-state index contributed by atoms with van der Waals surface area (Å²) >= 11 is 0. The van der Waals surface area contributed by atoms with Gasteiger partial charge in [0.25, 0.3) is 11.6 Å². The van der Waals surface area contributed by atoms with E-state index in [0.29, 0.717) is 12.8 Å². The molecule has 1 heterocycles. The van der Waals surface area contributed by atoms with Crippen molar-refractivity contribution in [2.24, 2.45) is 0 Å². The van der Waals surface area contributed by atoms with E-state index in [1.54, 1.807) is 19.3 Å². The highest BCUT2D eigenvalue weighted by Crippen LogP contribution is 2.18. The van der Waals surface area contributed by atoms with E-state index in [9.17, 15) is 19.7 Å². The van der Waals surface area contributed by atoms with Gasteiger partial charge in [0.05, 0.1) is 16.7 Å². The number of carboxylic acid groups (broad SMARTS) is 1. The van der Waals surface area contributed by atoms with Gasteiger partial charge in [0.1, 0.15) is 5.76 Å². The van der Waals surface area contributed by atoms with Crippen molar-refractivity contribution >= 4 is 17.6 Å². The summed E-state index contributed by atoms with van der Waals surface area (Å²) in [6.45, 7) is 1.79. The molecule has 1 amide bonds. The number of nitrogens with zero attached hydrogens (tertiary/aromatic N) is 1. The maximum Gasteiger partial charge on any atom is 0.335 e. The zero-order valence-electron chi connectivity index (χ0n) is 12.9. The second-order valence-corrected chi connectivity index (χ2v) is 5.32. The molecule has 0 saturated carbocycles. The zero-order chi connectivity index (χ0) is 17.7. The third-order valence-corrected chi connectivity index (χ3v) is 3.42. The van der Waals surface area contributed by atoms with E-state index in [2.05, 4.69) is 5.32 Å². The van der Waals surface area contributed by atoms with Crippen LogP contribution in [0.1, 0.15) is 39.8 Å². The van der Waals surface area contributed by atoms with Crippen LogP contribution in [-0.2, 0) is 6.42 Å². The number of carbonyl (C=O) groups is 2. The molecule has 24 heavy (non-hydrogen) atoms. The van der Waals surface area contributed by atoms with Crippen molar-refractivity contribution in [1.82, 2.24) is 5.32 Å². The number of aromatic carboxylic acids is 1. The lowest BCUT2D eigenvalue weighted by Crippen LogP contribution is -2.33. The molecule has 0 saturated heterocycles. The number of aryl methyl sites for hydroxylation is 1. The summed E-state index contributed by atoms with van der Waals surface area (Å²) in [6.07, 6.45) is 2.80. The lowest BCUT2D eigenvalue weighted by molar-refractivity contribution is -0.384. The number of amides is 1. The number of hydrogen-bond donors (Lipinski definition) is 2. The van der Waals surface area contributed by atoms with Crippen LogP contribution in [0.25, 0.3) is 0 Å². The molecule has 0 bridgehead atoms. The van der Waals surface area contributed by atoms with Crippen LogP contribution < -0.4 is 5.32 Å². The third kappa shape index (κ3) is 4.42. The van der Waals surface area contributed by atoms with Crippen LogP contribution >= 0.6 is 0 Å². The topological polar surface area (TPSA) is 123 Å². The number of nitro groups is 1. The summed E-state index contributed by atoms with van der Waals surface area (Å²) in [5, 5.41) is 22.6. The highest BCUT2D eigenvalue weighted by atomic mass is 16.6. The van der Waals surface area contributed by atoms with E-state index in [1.165, 1.54) is 0 Å². The number of carbonyl (C=O) groups excluding carboxylic acids is 1. The quantitative estimate of drug-likeness (QED) is 0.593. The van der Waals surface area contributed by atoms with Crippen molar-refractivity contribution in [1.29, 1.82) is 0 Å². The summed E-state index contributed by atoms with van der Waals surface area (Å²) in [5.74, 6) is -1.11. The molecule has 1 aromatic heterocycles. The Morgan fingerprint density at radius 2 is 2.04 bits per heavy atom. The zero-order valence-corrected chi connectivity index (χ0v) is 12.9. The van der Waals surface area contributed by atoms with Gasteiger partial charge >= 0.3 is 5.97 Å². The van der Waals surface area contributed by atoms with Crippen LogP contribution in [0.5, 0.6) is 0 Å². The van der Waals surface area contributed by atoms with Crippen molar-refractivity contribution in [3.63, 3.8) is 0 Å².